The fourth-order valence-corrected chi connectivity index (χ4v) is 1.68. The summed E-state index contributed by atoms with van der Waals surface area (Å²) in [6, 6.07) is 0. The Morgan fingerprint density at radius 2 is 1.55 bits per heavy atom. The third-order valence-corrected chi connectivity index (χ3v) is 2.48. The third kappa shape index (κ3) is 1.01. The van der Waals surface area contributed by atoms with Gasteiger partial charge in [-0.2, -0.15) is 0 Å². The van der Waals surface area contributed by atoms with Gasteiger partial charge in [0.2, 0.25) is 0 Å². The van der Waals surface area contributed by atoms with Crippen molar-refractivity contribution >= 4 is 11.6 Å². The van der Waals surface area contributed by atoms with E-state index in [-0.39, 0.29) is 11.6 Å². The maximum Gasteiger partial charge on any atom is 0.151 e. The molecule has 0 amide bonds. The zero-order valence-corrected chi connectivity index (χ0v) is 7.52. The van der Waals surface area contributed by atoms with Gasteiger partial charge < -0.3 is 0 Å². The van der Waals surface area contributed by atoms with Crippen molar-refractivity contribution in [3.8, 4) is 0 Å². The smallest absolute Gasteiger partial charge is 0.151 e. The van der Waals surface area contributed by atoms with Gasteiger partial charge in [-0.05, 0) is 13.8 Å². The van der Waals surface area contributed by atoms with Gasteiger partial charge in [0.1, 0.15) is 5.78 Å². The van der Waals surface area contributed by atoms with Crippen molar-refractivity contribution in [3.63, 3.8) is 0 Å². The molecule has 2 nitrogen and oxygen atoms in total. The van der Waals surface area contributed by atoms with Crippen molar-refractivity contribution in [3.05, 3.63) is 0 Å². The van der Waals surface area contributed by atoms with Crippen LogP contribution in [0.15, 0.2) is 0 Å². The first-order valence-electron chi connectivity index (χ1n) is 3.87. The summed E-state index contributed by atoms with van der Waals surface area (Å²) < 4.78 is 0. The molecule has 1 saturated carbocycles. The number of Topliss-reactive ketones (excluding diaryl/α,β-unsaturated/α-hetero) is 2. The van der Waals surface area contributed by atoms with E-state index >= 15 is 0 Å². The van der Waals surface area contributed by atoms with E-state index in [1.807, 2.05) is 13.8 Å². The molecule has 1 rings (SSSR count). The molecular formula is C9H14O2. The minimum atomic E-state index is -0.733. The topological polar surface area (TPSA) is 34.1 Å². The molecule has 0 radical (unpaired) electrons. The van der Waals surface area contributed by atoms with Gasteiger partial charge in [-0.25, -0.2) is 0 Å². The summed E-state index contributed by atoms with van der Waals surface area (Å²) >= 11 is 0. The number of rotatable bonds is 0. The molecule has 0 aromatic carbocycles. The van der Waals surface area contributed by atoms with E-state index in [1.165, 1.54) is 0 Å². The number of hydrogen-bond donors (Lipinski definition) is 0. The van der Waals surface area contributed by atoms with E-state index in [4.69, 9.17) is 0 Å². The van der Waals surface area contributed by atoms with Crippen LogP contribution in [0, 0.1) is 10.8 Å². The van der Waals surface area contributed by atoms with Crippen LogP contribution in [0.1, 0.15) is 34.1 Å². The summed E-state index contributed by atoms with van der Waals surface area (Å²) in [5.74, 6) is 0.155. The zero-order chi connectivity index (χ0) is 8.86. The van der Waals surface area contributed by atoms with Crippen molar-refractivity contribution in [1.29, 1.82) is 0 Å². The fourth-order valence-electron chi connectivity index (χ4n) is 1.68. The van der Waals surface area contributed by atoms with Gasteiger partial charge in [0.05, 0.1) is 5.41 Å². The van der Waals surface area contributed by atoms with E-state index in [9.17, 15) is 9.59 Å². The maximum absolute atomic E-state index is 11.5. The number of ketones is 2. The number of carbonyl (C=O) groups excluding carboxylic acids is 2. The standard InChI is InChI=1S/C9H14O2/c1-8(2)5-6(10)9(3,4)7(8)11/h5H2,1-4H3. The summed E-state index contributed by atoms with van der Waals surface area (Å²) in [7, 11) is 0. The Hall–Kier alpha value is -0.660. The second kappa shape index (κ2) is 1.93. The van der Waals surface area contributed by atoms with Gasteiger partial charge in [0, 0.05) is 11.8 Å². The highest BCUT2D eigenvalue weighted by molar-refractivity contribution is 6.14. The SMILES string of the molecule is CC1(C)CC(=O)C(C)(C)C1=O. The Kier molecular flexibility index (Phi) is 1.48. The molecule has 0 saturated heterocycles. The molecule has 0 N–H and O–H groups in total. The Morgan fingerprint density at radius 3 is 1.64 bits per heavy atom. The van der Waals surface area contributed by atoms with Crippen LogP contribution >= 0.6 is 0 Å². The molecule has 0 unspecified atom stereocenters. The molecule has 0 atom stereocenters. The Morgan fingerprint density at radius 1 is 1.09 bits per heavy atom. The molecule has 1 fully saturated rings. The minimum absolute atomic E-state index is 0.0764. The van der Waals surface area contributed by atoms with E-state index < -0.39 is 10.8 Å². The predicted molar refractivity (Wildman–Crippen MR) is 42.2 cm³/mol. The lowest BCUT2D eigenvalue weighted by atomic mass is 9.83. The average molecular weight is 154 g/mol. The molecule has 0 aromatic heterocycles. The van der Waals surface area contributed by atoms with Crippen LogP contribution in [0.2, 0.25) is 0 Å². The van der Waals surface area contributed by atoms with Gasteiger partial charge in [0.25, 0.3) is 0 Å². The van der Waals surface area contributed by atoms with Crippen LogP contribution in [0.25, 0.3) is 0 Å². The molecule has 1 aliphatic carbocycles. The van der Waals surface area contributed by atoms with Crippen LogP contribution in [0.5, 0.6) is 0 Å². The predicted octanol–water partition coefficient (Wildman–Crippen LogP) is 1.58. The van der Waals surface area contributed by atoms with Crippen LogP contribution in [0.3, 0.4) is 0 Å². The molecule has 0 aromatic rings. The molecule has 2 heteroatoms. The fraction of sp³-hybridized carbons (Fsp3) is 0.778. The largest absolute Gasteiger partial charge is 0.299 e. The van der Waals surface area contributed by atoms with E-state index in [1.54, 1.807) is 13.8 Å². The van der Waals surface area contributed by atoms with Crippen molar-refractivity contribution in [2.75, 3.05) is 0 Å². The Balaban J connectivity index is 3.09. The van der Waals surface area contributed by atoms with Crippen molar-refractivity contribution in [2.24, 2.45) is 10.8 Å². The normalized spacial score (nSPS) is 27.6. The molecule has 0 bridgehead atoms. The van der Waals surface area contributed by atoms with Gasteiger partial charge in [-0.1, -0.05) is 13.8 Å². The van der Waals surface area contributed by atoms with Crippen molar-refractivity contribution < 1.29 is 9.59 Å². The van der Waals surface area contributed by atoms with Crippen LogP contribution < -0.4 is 0 Å². The molecule has 0 aliphatic heterocycles. The molecule has 1 aliphatic rings. The first kappa shape index (κ1) is 8.44. The highest BCUT2D eigenvalue weighted by atomic mass is 16.2. The molecule has 0 spiro atoms. The quantitative estimate of drug-likeness (QED) is 0.496. The van der Waals surface area contributed by atoms with Gasteiger partial charge in [-0.3, -0.25) is 9.59 Å². The van der Waals surface area contributed by atoms with E-state index in [2.05, 4.69) is 0 Å². The Bertz CT molecular complexity index is 224. The van der Waals surface area contributed by atoms with Crippen LogP contribution in [-0.4, -0.2) is 11.6 Å². The first-order valence-corrected chi connectivity index (χ1v) is 3.87. The van der Waals surface area contributed by atoms with Gasteiger partial charge in [-0.15, -0.1) is 0 Å². The Labute approximate surface area is 67.0 Å². The lowest BCUT2D eigenvalue weighted by Gasteiger charge is -2.17. The minimum Gasteiger partial charge on any atom is -0.299 e. The van der Waals surface area contributed by atoms with Crippen molar-refractivity contribution in [1.82, 2.24) is 0 Å². The summed E-state index contributed by atoms with van der Waals surface area (Å²) in [5, 5.41) is 0. The summed E-state index contributed by atoms with van der Waals surface area (Å²) in [6.45, 7) is 7.10. The van der Waals surface area contributed by atoms with E-state index in [0.717, 1.165) is 0 Å². The lowest BCUT2D eigenvalue weighted by molar-refractivity contribution is -0.135. The zero-order valence-electron chi connectivity index (χ0n) is 7.52. The van der Waals surface area contributed by atoms with Crippen LogP contribution in [-0.2, 0) is 9.59 Å². The highest BCUT2D eigenvalue weighted by Gasteiger charge is 2.52. The van der Waals surface area contributed by atoms with Crippen LogP contribution in [0.4, 0.5) is 0 Å². The third-order valence-electron chi connectivity index (χ3n) is 2.48. The first-order chi connectivity index (χ1) is 4.78. The second-order valence-electron chi connectivity index (χ2n) is 4.44. The monoisotopic (exact) mass is 154 g/mol. The van der Waals surface area contributed by atoms with E-state index in [0.29, 0.717) is 6.42 Å². The molecule has 0 heterocycles. The second-order valence-corrected chi connectivity index (χ2v) is 4.44. The number of carbonyl (C=O) groups is 2. The maximum atomic E-state index is 11.5. The summed E-state index contributed by atoms with van der Waals surface area (Å²) in [6.07, 6.45) is 0.402. The van der Waals surface area contributed by atoms with Crippen molar-refractivity contribution in [2.45, 2.75) is 34.1 Å². The molecule has 62 valence electrons. The van der Waals surface area contributed by atoms with Gasteiger partial charge >= 0.3 is 0 Å². The highest BCUT2D eigenvalue weighted by Crippen LogP contribution is 2.42. The average Bonchev–Trinajstić information content (AvgIpc) is 1.94. The van der Waals surface area contributed by atoms with Gasteiger partial charge in [0.15, 0.2) is 5.78 Å². The summed E-state index contributed by atoms with van der Waals surface area (Å²) in [4.78, 5) is 22.8. The summed E-state index contributed by atoms with van der Waals surface area (Å²) in [5.41, 5.74) is -1.16. The lowest BCUT2D eigenvalue weighted by Crippen LogP contribution is -2.29. The number of hydrogen-bond acceptors (Lipinski definition) is 2. The molecule has 11 heavy (non-hydrogen) atoms. The molecular weight excluding hydrogens is 140 g/mol.